The van der Waals surface area contributed by atoms with Gasteiger partial charge in [-0.15, -0.1) is 11.3 Å². The molecule has 0 aliphatic carbocycles. The number of carbonyl (C=O) groups is 2. The van der Waals surface area contributed by atoms with Gasteiger partial charge in [0.2, 0.25) is 0 Å². The van der Waals surface area contributed by atoms with Gasteiger partial charge >= 0.3 is 6.03 Å². The van der Waals surface area contributed by atoms with Crippen LogP contribution in [0.2, 0.25) is 0 Å². The zero-order chi connectivity index (χ0) is 20.2. The van der Waals surface area contributed by atoms with E-state index in [4.69, 9.17) is 0 Å². The molecule has 1 N–H and O–H groups in total. The quantitative estimate of drug-likeness (QED) is 0.676. The number of hydrogen-bond donors (Lipinski definition) is 1. The first-order valence-electron chi connectivity index (χ1n) is 9.03. The van der Waals surface area contributed by atoms with Crippen LogP contribution in [-0.2, 0) is 13.1 Å². The molecule has 3 heterocycles. The van der Waals surface area contributed by atoms with E-state index < -0.39 is 0 Å². The molecule has 0 radical (unpaired) electrons. The Morgan fingerprint density at radius 3 is 2.72 bits per heavy atom. The third-order valence-corrected chi connectivity index (χ3v) is 5.33. The van der Waals surface area contributed by atoms with Crippen LogP contribution in [0.5, 0.6) is 0 Å². The van der Waals surface area contributed by atoms with Gasteiger partial charge < -0.3 is 10.2 Å². The van der Waals surface area contributed by atoms with Crippen molar-refractivity contribution < 1.29 is 14.0 Å². The lowest BCUT2D eigenvalue weighted by Crippen LogP contribution is -2.32. The molecule has 148 valence electrons. The van der Waals surface area contributed by atoms with Gasteiger partial charge in [-0.05, 0) is 29.8 Å². The van der Waals surface area contributed by atoms with Gasteiger partial charge in [0.25, 0.3) is 5.91 Å². The third kappa shape index (κ3) is 4.40. The molecular weight excluding hydrogens is 393 g/mol. The van der Waals surface area contributed by atoms with E-state index in [0.717, 1.165) is 10.6 Å². The summed E-state index contributed by atoms with van der Waals surface area (Å²) < 4.78 is 13.1. The predicted octanol–water partition coefficient (Wildman–Crippen LogP) is 3.05. The molecule has 4 rings (SSSR count). The second-order valence-corrected chi connectivity index (χ2v) is 7.47. The molecule has 3 amide bonds. The topological polar surface area (TPSA) is 78.4 Å². The number of hydrogen-bond acceptors (Lipinski definition) is 5. The Morgan fingerprint density at radius 1 is 1.14 bits per heavy atom. The minimum Gasteiger partial charge on any atom is -0.346 e. The summed E-state index contributed by atoms with van der Waals surface area (Å²) in [5.41, 5.74) is 1.28. The van der Waals surface area contributed by atoms with Gasteiger partial charge in [0.15, 0.2) is 0 Å². The Hall–Kier alpha value is -3.33. The van der Waals surface area contributed by atoms with E-state index >= 15 is 0 Å². The molecule has 0 saturated carbocycles. The summed E-state index contributed by atoms with van der Waals surface area (Å²) in [4.78, 5) is 36.8. The number of halogens is 1. The number of aromatic nitrogens is 2. The summed E-state index contributed by atoms with van der Waals surface area (Å²) in [6.07, 6.45) is 3.21. The van der Waals surface area contributed by atoms with E-state index in [0.29, 0.717) is 37.6 Å². The van der Waals surface area contributed by atoms with Gasteiger partial charge in [0.05, 0.1) is 6.54 Å². The van der Waals surface area contributed by atoms with Crippen molar-refractivity contribution in [2.75, 3.05) is 18.0 Å². The molecule has 0 unspecified atom stereocenters. The molecular formula is C20H18FN5O2S. The smallest absolute Gasteiger partial charge is 0.326 e. The van der Waals surface area contributed by atoms with Crippen molar-refractivity contribution in [2.24, 2.45) is 0 Å². The van der Waals surface area contributed by atoms with Crippen LogP contribution >= 0.6 is 11.3 Å². The van der Waals surface area contributed by atoms with Crippen molar-refractivity contribution in [2.45, 2.75) is 13.1 Å². The van der Waals surface area contributed by atoms with Crippen LogP contribution in [0.15, 0.2) is 54.2 Å². The second-order valence-electron chi connectivity index (χ2n) is 6.49. The normalized spacial score (nSPS) is 13.8. The summed E-state index contributed by atoms with van der Waals surface area (Å²) >= 11 is 1.47. The molecule has 1 saturated heterocycles. The number of amides is 3. The molecule has 7 nitrogen and oxygen atoms in total. The molecule has 3 aromatic rings. The van der Waals surface area contributed by atoms with Crippen molar-refractivity contribution in [3.63, 3.8) is 0 Å². The number of urea groups is 1. The Morgan fingerprint density at radius 2 is 1.97 bits per heavy atom. The Bertz CT molecular complexity index is 1010. The maximum atomic E-state index is 13.1. The zero-order valence-electron chi connectivity index (χ0n) is 15.4. The highest BCUT2D eigenvalue weighted by molar-refractivity contribution is 7.09. The monoisotopic (exact) mass is 411 g/mol. The molecule has 1 aromatic carbocycles. The maximum absolute atomic E-state index is 13.1. The molecule has 0 bridgehead atoms. The van der Waals surface area contributed by atoms with Crippen LogP contribution in [0.25, 0.3) is 0 Å². The van der Waals surface area contributed by atoms with E-state index in [2.05, 4.69) is 15.3 Å². The van der Waals surface area contributed by atoms with Gasteiger partial charge in [-0.25, -0.2) is 19.2 Å². The lowest BCUT2D eigenvalue weighted by atomic mass is 10.2. The largest absolute Gasteiger partial charge is 0.346 e. The van der Waals surface area contributed by atoms with Gasteiger partial charge in [0.1, 0.15) is 16.6 Å². The van der Waals surface area contributed by atoms with Crippen molar-refractivity contribution in [1.82, 2.24) is 20.2 Å². The summed E-state index contributed by atoms with van der Waals surface area (Å²) in [7, 11) is 0. The van der Waals surface area contributed by atoms with E-state index in [1.54, 1.807) is 40.3 Å². The number of nitrogens with zero attached hydrogens (tertiary/aromatic N) is 4. The first-order chi connectivity index (χ1) is 14.1. The third-order valence-electron chi connectivity index (χ3n) is 4.55. The van der Waals surface area contributed by atoms with E-state index in [1.807, 2.05) is 5.38 Å². The summed E-state index contributed by atoms with van der Waals surface area (Å²) in [5, 5.41) is 5.48. The lowest BCUT2D eigenvalue weighted by Gasteiger charge is -2.18. The van der Waals surface area contributed by atoms with E-state index in [-0.39, 0.29) is 17.8 Å². The fraction of sp³-hybridized carbons (Fsp3) is 0.200. The van der Waals surface area contributed by atoms with Crippen molar-refractivity contribution in [1.29, 1.82) is 0 Å². The first-order valence-corrected chi connectivity index (χ1v) is 9.91. The summed E-state index contributed by atoms with van der Waals surface area (Å²) in [6.45, 7) is 1.74. The molecule has 9 heteroatoms. The maximum Gasteiger partial charge on any atom is 0.326 e. The predicted molar refractivity (Wildman–Crippen MR) is 107 cm³/mol. The Kier molecular flexibility index (Phi) is 5.48. The lowest BCUT2D eigenvalue weighted by molar-refractivity contribution is 0.0950. The molecule has 1 fully saturated rings. The fourth-order valence-electron chi connectivity index (χ4n) is 3.06. The molecule has 2 aromatic heterocycles. The number of pyridine rings is 1. The van der Waals surface area contributed by atoms with Crippen LogP contribution in [-0.4, -0.2) is 39.9 Å². The van der Waals surface area contributed by atoms with Crippen molar-refractivity contribution >= 4 is 29.1 Å². The highest BCUT2D eigenvalue weighted by Gasteiger charge is 2.30. The number of anilines is 1. The van der Waals surface area contributed by atoms with Crippen molar-refractivity contribution in [3.8, 4) is 0 Å². The first kappa shape index (κ1) is 19.0. The van der Waals surface area contributed by atoms with Crippen LogP contribution in [0.3, 0.4) is 0 Å². The number of carbonyl (C=O) groups excluding carboxylic acids is 2. The van der Waals surface area contributed by atoms with E-state index in [1.165, 1.54) is 29.7 Å². The average Bonchev–Trinajstić information content (AvgIpc) is 3.38. The number of nitrogens with one attached hydrogen (secondary N) is 1. The van der Waals surface area contributed by atoms with Gasteiger partial charge in [-0.2, -0.15) is 0 Å². The standard InChI is InChI=1S/C20H18FN5O2S/c21-16-3-1-14(2-4-16)13-25-8-9-26(20(25)28)17-11-15(5-6-22-17)19(27)24-12-18-23-7-10-29-18/h1-7,10-11H,8-9,12-13H2,(H,24,27). The minimum absolute atomic E-state index is 0.192. The fourth-order valence-corrected chi connectivity index (χ4v) is 3.61. The molecule has 0 atom stereocenters. The Labute approximate surface area is 170 Å². The molecule has 29 heavy (non-hydrogen) atoms. The highest BCUT2D eigenvalue weighted by Crippen LogP contribution is 2.21. The second kappa shape index (κ2) is 8.36. The molecule has 1 aliphatic rings. The minimum atomic E-state index is -0.308. The highest BCUT2D eigenvalue weighted by atomic mass is 32.1. The number of thiazole rings is 1. The van der Waals surface area contributed by atoms with Crippen LogP contribution in [0.1, 0.15) is 20.9 Å². The zero-order valence-corrected chi connectivity index (χ0v) is 16.2. The van der Waals surface area contributed by atoms with Crippen molar-refractivity contribution in [3.05, 3.63) is 76.1 Å². The van der Waals surface area contributed by atoms with Crippen LogP contribution in [0, 0.1) is 5.82 Å². The SMILES string of the molecule is O=C(NCc1nccs1)c1ccnc(N2CCN(Cc3ccc(F)cc3)C2=O)c1. The Balaban J connectivity index is 1.41. The van der Waals surface area contributed by atoms with Crippen LogP contribution in [0.4, 0.5) is 15.0 Å². The average molecular weight is 411 g/mol. The molecule has 1 aliphatic heterocycles. The van der Waals surface area contributed by atoms with Gasteiger partial charge in [-0.3, -0.25) is 9.69 Å². The molecule has 0 spiro atoms. The summed E-state index contributed by atoms with van der Waals surface area (Å²) in [5.74, 6) is -0.130. The summed E-state index contributed by atoms with van der Waals surface area (Å²) in [6, 6.07) is 9.11. The number of rotatable bonds is 6. The number of benzene rings is 1. The van der Waals surface area contributed by atoms with Gasteiger partial charge in [-0.1, -0.05) is 12.1 Å². The van der Waals surface area contributed by atoms with E-state index in [9.17, 15) is 14.0 Å². The van der Waals surface area contributed by atoms with Crippen LogP contribution < -0.4 is 10.2 Å². The van der Waals surface area contributed by atoms with Gasteiger partial charge in [0, 0.05) is 43.0 Å².